The second kappa shape index (κ2) is 4.78. The van der Waals surface area contributed by atoms with Crippen molar-refractivity contribution >= 4 is 17.1 Å². The highest BCUT2D eigenvalue weighted by molar-refractivity contribution is 7.07. The van der Waals surface area contributed by atoms with Gasteiger partial charge >= 0.3 is 0 Å². The van der Waals surface area contributed by atoms with Gasteiger partial charge in [-0.1, -0.05) is 5.16 Å². The van der Waals surface area contributed by atoms with Gasteiger partial charge in [0.15, 0.2) is 5.82 Å². The maximum Gasteiger partial charge on any atom is 0.276 e. The van der Waals surface area contributed by atoms with Crippen LogP contribution in [0.4, 0.5) is 0 Å². The molecule has 0 fully saturated rings. The molecule has 104 valence electrons. The summed E-state index contributed by atoms with van der Waals surface area (Å²) in [4.78, 5) is 13.1. The summed E-state index contributed by atoms with van der Waals surface area (Å²) in [6, 6.07) is 3.91. The van der Waals surface area contributed by atoms with Crippen LogP contribution in [0.2, 0.25) is 0 Å². The lowest BCUT2D eigenvalue weighted by Gasteiger charge is -1.95. The molecule has 7 heteroatoms. The molecule has 0 aliphatic carbocycles. The van der Waals surface area contributed by atoms with Crippen molar-refractivity contribution < 1.29 is 4.52 Å². The molecule has 0 bridgehead atoms. The Morgan fingerprint density at radius 3 is 3.14 bits per heavy atom. The van der Waals surface area contributed by atoms with Crippen LogP contribution in [-0.4, -0.2) is 24.5 Å². The first-order chi connectivity index (χ1) is 10.3. The summed E-state index contributed by atoms with van der Waals surface area (Å²) < 4.78 is 7.26. The maximum atomic E-state index is 5.40. The van der Waals surface area contributed by atoms with Crippen molar-refractivity contribution in [2.45, 2.75) is 13.3 Å². The number of fused-ring (bicyclic) bond motifs is 1. The van der Waals surface area contributed by atoms with Gasteiger partial charge < -0.3 is 4.52 Å². The fraction of sp³-hybridized carbons (Fsp3) is 0.143. The Morgan fingerprint density at radius 2 is 2.29 bits per heavy atom. The Balaban J connectivity index is 1.76. The van der Waals surface area contributed by atoms with Gasteiger partial charge in [0.05, 0.1) is 5.69 Å². The summed E-state index contributed by atoms with van der Waals surface area (Å²) in [5.41, 5.74) is 2.80. The molecule has 0 unspecified atom stereocenters. The largest absolute Gasteiger partial charge is 0.332 e. The summed E-state index contributed by atoms with van der Waals surface area (Å²) in [6.45, 7) is 1.91. The Morgan fingerprint density at radius 1 is 1.33 bits per heavy atom. The number of aromatic nitrogens is 5. The van der Waals surface area contributed by atoms with E-state index in [0.717, 1.165) is 11.4 Å². The number of imidazole rings is 1. The van der Waals surface area contributed by atoms with Crippen molar-refractivity contribution in [3.63, 3.8) is 0 Å². The number of hydrogen-bond donors (Lipinski definition) is 0. The van der Waals surface area contributed by atoms with Gasteiger partial charge in [0.2, 0.25) is 5.78 Å². The molecule has 0 aliphatic heterocycles. The van der Waals surface area contributed by atoms with Gasteiger partial charge in [-0.15, -0.1) is 0 Å². The first kappa shape index (κ1) is 12.2. The predicted octanol–water partition coefficient (Wildman–Crippen LogP) is 2.74. The third kappa shape index (κ3) is 2.11. The lowest BCUT2D eigenvalue weighted by Crippen LogP contribution is -1.92. The third-order valence-corrected chi connectivity index (χ3v) is 3.92. The minimum absolute atomic E-state index is 0.471. The van der Waals surface area contributed by atoms with Gasteiger partial charge in [0.1, 0.15) is 5.69 Å². The molecule has 0 saturated heterocycles. The van der Waals surface area contributed by atoms with Crippen LogP contribution in [-0.2, 0) is 6.42 Å². The highest BCUT2D eigenvalue weighted by atomic mass is 32.1. The molecule has 0 amide bonds. The van der Waals surface area contributed by atoms with Crippen molar-refractivity contribution in [2.24, 2.45) is 0 Å². The van der Waals surface area contributed by atoms with Crippen molar-refractivity contribution in [3.05, 3.63) is 52.4 Å². The highest BCUT2D eigenvalue weighted by Gasteiger charge is 2.18. The van der Waals surface area contributed by atoms with Crippen LogP contribution in [0.1, 0.15) is 17.1 Å². The van der Waals surface area contributed by atoms with E-state index in [1.54, 1.807) is 17.5 Å². The van der Waals surface area contributed by atoms with E-state index in [4.69, 9.17) is 4.52 Å². The van der Waals surface area contributed by atoms with Crippen molar-refractivity contribution in [3.8, 4) is 11.6 Å². The third-order valence-electron chi connectivity index (χ3n) is 3.19. The van der Waals surface area contributed by atoms with Crippen LogP contribution in [0, 0.1) is 6.92 Å². The molecule has 4 aromatic heterocycles. The molecule has 0 N–H and O–H groups in total. The first-order valence-corrected chi connectivity index (χ1v) is 7.39. The zero-order chi connectivity index (χ0) is 14.2. The van der Waals surface area contributed by atoms with Gasteiger partial charge in [-0.25, -0.2) is 9.97 Å². The zero-order valence-corrected chi connectivity index (χ0v) is 12.0. The molecule has 6 nitrogen and oxygen atoms in total. The van der Waals surface area contributed by atoms with Crippen LogP contribution in [0.3, 0.4) is 0 Å². The summed E-state index contributed by atoms with van der Waals surface area (Å²) >= 11 is 1.66. The van der Waals surface area contributed by atoms with Gasteiger partial charge in [0.25, 0.3) is 5.89 Å². The summed E-state index contributed by atoms with van der Waals surface area (Å²) in [7, 11) is 0. The quantitative estimate of drug-likeness (QED) is 0.581. The van der Waals surface area contributed by atoms with E-state index < -0.39 is 0 Å². The molecule has 4 rings (SSSR count). The van der Waals surface area contributed by atoms with Gasteiger partial charge in [-0.3, -0.25) is 4.40 Å². The Bertz CT molecular complexity index is 893. The fourth-order valence-corrected chi connectivity index (χ4v) is 2.92. The Labute approximate surface area is 124 Å². The van der Waals surface area contributed by atoms with Crippen molar-refractivity contribution in [2.75, 3.05) is 0 Å². The molecule has 0 aromatic carbocycles. The Hall–Kier alpha value is -2.54. The summed E-state index contributed by atoms with van der Waals surface area (Å²) in [6.07, 6.45) is 4.27. The van der Waals surface area contributed by atoms with E-state index >= 15 is 0 Å². The smallest absolute Gasteiger partial charge is 0.276 e. The second-order valence-electron chi connectivity index (χ2n) is 4.66. The first-order valence-electron chi connectivity index (χ1n) is 6.45. The number of aryl methyl sites for hydroxylation is 1. The average molecular weight is 297 g/mol. The molecule has 0 aliphatic rings. The van der Waals surface area contributed by atoms with Gasteiger partial charge in [0, 0.05) is 18.8 Å². The number of nitrogens with zero attached hydrogens (tertiary/aromatic N) is 5. The molecule has 0 saturated carbocycles. The van der Waals surface area contributed by atoms with Gasteiger partial charge in [-0.05, 0) is 35.4 Å². The number of thiophene rings is 1. The molecule has 0 radical (unpaired) electrons. The topological polar surface area (TPSA) is 69.1 Å². The minimum Gasteiger partial charge on any atom is -0.332 e. The lowest BCUT2D eigenvalue weighted by atomic mass is 10.2. The monoisotopic (exact) mass is 297 g/mol. The zero-order valence-electron chi connectivity index (χ0n) is 11.2. The normalized spacial score (nSPS) is 11.3. The number of rotatable bonds is 3. The van der Waals surface area contributed by atoms with E-state index in [9.17, 15) is 0 Å². The van der Waals surface area contributed by atoms with Crippen LogP contribution < -0.4 is 0 Å². The molecule has 4 aromatic rings. The van der Waals surface area contributed by atoms with E-state index in [2.05, 4.69) is 31.6 Å². The van der Waals surface area contributed by atoms with Crippen molar-refractivity contribution in [1.29, 1.82) is 0 Å². The molecule has 4 heterocycles. The Kier molecular flexibility index (Phi) is 2.78. The van der Waals surface area contributed by atoms with E-state index in [1.807, 2.05) is 29.0 Å². The lowest BCUT2D eigenvalue weighted by molar-refractivity contribution is 0.422. The fourth-order valence-electron chi connectivity index (χ4n) is 2.25. The van der Waals surface area contributed by atoms with E-state index in [0.29, 0.717) is 23.9 Å². The summed E-state index contributed by atoms with van der Waals surface area (Å²) in [5, 5.41) is 8.17. The van der Waals surface area contributed by atoms with Crippen molar-refractivity contribution in [1.82, 2.24) is 24.5 Å². The van der Waals surface area contributed by atoms with E-state index in [1.165, 1.54) is 5.56 Å². The van der Waals surface area contributed by atoms with E-state index in [-0.39, 0.29) is 0 Å². The molecule has 21 heavy (non-hydrogen) atoms. The standard InChI is InChI=1S/C14H11N5OS/c1-9-12(19-5-2-4-15-14(19)16-9)13-17-11(18-20-13)7-10-3-6-21-8-10/h2-6,8H,7H2,1H3. The van der Waals surface area contributed by atoms with Crippen LogP contribution >= 0.6 is 11.3 Å². The molecular weight excluding hydrogens is 286 g/mol. The van der Waals surface area contributed by atoms with Crippen LogP contribution in [0.5, 0.6) is 0 Å². The molecular formula is C14H11N5OS. The SMILES string of the molecule is Cc1nc2ncccn2c1-c1nc(Cc2ccsc2)no1. The predicted molar refractivity (Wildman–Crippen MR) is 78.1 cm³/mol. The average Bonchev–Trinajstić information content (AvgIpc) is 3.18. The van der Waals surface area contributed by atoms with Crippen LogP contribution in [0.15, 0.2) is 39.8 Å². The van der Waals surface area contributed by atoms with Crippen LogP contribution in [0.25, 0.3) is 17.4 Å². The number of hydrogen-bond acceptors (Lipinski definition) is 6. The second-order valence-corrected chi connectivity index (χ2v) is 5.44. The molecule has 0 spiro atoms. The van der Waals surface area contributed by atoms with Gasteiger partial charge in [-0.2, -0.15) is 16.3 Å². The minimum atomic E-state index is 0.471. The summed E-state index contributed by atoms with van der Waals surface area (Å²) in [5.74, 6) is 1.77. The highest BCUT2D eigenvalue weighted by Crippen LogP contribution is 2.23. The maximum absolute atomic E-state index is 5.40. The molecule has 0 atom stereocenters.